The summed E-state index contributed by atoms with van der Waals surface area (Å²) in [4.78, 5) is 23.2. The minimum atomic E-state index is -4.38. The highest BCUT2D eigenvalue weighted by atomic mass is 31.2. The zero-order chi connectivity index (χ0) is 55.6. The molecule has 0 heterocycles. The second kappa shape index (κ2) is 55.4. The first-order chi connectivity index (χ1) is 37.0. The van der Waals surface area contributed by atoms with Crippen LogP contribution in [0.4, 0.5) is 0 Å². The molecular formula is C67H108N2O6P+. The largest absolute Gasteiger partial charge is 0.472 e. The van der Waals surface area contributed by atoms with Gasteiger partial charge in [-0.15, -0.1) is 0 Å². The van der Waals surface area contributed by atoms with Crippen molar-refractivity contribution >= 4 is 13.7 Å². The summed E-state index contributed by atoms with van der Waals surface area (Å²) < 4.78 is 23.6. The lowest BCUT2D eigenvalue weighted by Gasteiger charge is -2.25. The second-order valence-electron chi connectivity index (χ2n) is 19.9. The van der Waals surface area contributed by atoms with Crippen LogP contribution in [0.3, 0.4) is 0 Å². The van der Waals surface area contributed by atoms with Crippen LogP contribution in [0.15, 0.2) is 182 Å². The molecule has 0 aliphatic carbocycles. The van der Waals surface area contributed by atoms with E-state index in [9.17, 15) is 19.4 Å². The average molecular weight is 1070 g/mol. The maximum atomic E-state index is 12.9. The third-order valence-corrected chi connectivity index (χ3v) is 12.6. The number of likely N-dealkylation sites (N-methyl/N-ethyl adjacent to an activating group) is 1. The molecule has 0 aromatic heterocycles. The van der Waals surface area contributed by atoms with E-state index in [-0.39, 0.29) is 25.5 Å². The molecule has 3 N–H and O–H groups in total. The topological polar surface area (TPSA) is 105 Å². The first-order valence-electron chi connectivity index (χ1n) is 29.2. The Morgan fingerprint density at radius 3 is 1.20 bits per heavy atom. The molecular weight excluding hydrogens is 960 g/mol. The van der Waals surface area contributed by atoms with Gasteiger partial charge < -0.3 is 19.8 Å². The van der Waals surface area contributed by atoms with Crippen molar-refractivity contribution < 1.29 is 32.9 Å². The number of amides is 1. The van der Waals surface area contributed by atoms with Crippen molar-refractivity contribution in [2.75, 3.05) is 40.9 Å². The molecule has 0 aliphatic rings. The highest BCUT2D eigenvalue weighted by Gasteiger charge is 2.27. The summed E-state index contributed by atoms with van der Waals surface area (Å²) in [6.07, 6.45) is 90.1. The molecule has 76 heavy (non-hydrogen) atoms. The summed E-state index contributed by atoms with van der Waals surface area (Å²) in [5.41, 5.74) is 0. The smallest absolute Gasteiger partial charge is 0.387 e. The van der Waals surface area contributed by atoms with Gasteiger partial charge in [0.2, 0.25) is 5.91 Å². The van der Waals surface area contributed by atoms with Gasteiger partial charge in [0.25, 0.3) is 0 Å². The van der Waals surface area contributed by atoms with Crippen LogP contribution in [0.2, 0.25) is 0 Å². The number of unbranched alkanes of at least 4 members (excludes halogenated alkanes) is 9. The van der Waals surface area contributed by atoms with Gasteiger partial charge in [0.05, 0.1) is 39.9 Å². The van der Waals surface area contributed by atoms with Crippen molar-refractivity contribution in [2.45, 2.75) is 193 Å². The fourth-order valence-electron chi connectivity index (χ4n) is 7.05. The lowest BCUT2D eigenvalue weighted by molar-refractivity contribution is -0.870. The van der Waals surface area contributed by atoms with Gasteiger partial charge >= 0.3 is 7.82 Å². The molecule has 9 heteroatoms. The van der Waals surface area contributed by atoms with Gasteiger partial charge in [-0.2, -0.15) is 0 Å². The third kappa shape index (κ3) is 57.3. The lowest BCUT2D eigenvalue weighted by atomic mass is 10.1. The van der Waals surface area contributed by atoms with Gasteiger partial charge in [0.15, 0.2) is 0 Å². The van der Waals surface area contributed by atoms with Crippen molar-refractivity contribution in [1.82, 2.24) is 5.32 Å². The number of carbonyl (C=O) groups excluding carboxylic acids is 1. The monoisotopic (exact) mass is 1070 g/mol. The first kappa shape index (κ1) is 71.6. The fourth-order valence-corrected chi connectivity index (χ4v) is 7.79. The third-order valence-electron chi connectivity index (χ3n) is 11.6. The summed E-state index contributed by atoms with van der Waals surface area (Å²) in [5, 5.41) is 13.8. The molecule has 3 atom stereocenters. The number of aliphatic hydroxyl groups is 1. The van der Waals surface area contributed by atoms with Crippen molar-refractivity contribution in [3.8, 4) is 0 Å². The van der Waals surface area contributed by atoms with Crippen molar-refractivity contribution in [3.63, 3.8) is 0 Å². The molecule has 0 fully saturated rings. The predicted molar refractivity (Wildman–Crippen MR) is 331 cm³/mol. The van der Waals surface area contributed by atoms with E-state index in [1.165, 1.54) is 32.1 Å². The van der Waals surface area contributed by atoms with Crippen molar-refractivity contribution in [3.05, 3.63) is 182 Å². The number of carbonyl (C=O) groups is 1. The van der Waals surface area contributed by atoms with E-state index in [0.29, 0.717) is 17.4 Å². The van der Waals surface area contributed by atoms with Crippen LogP contribution in [0, 0.1) is 0 Å². The molecule has 0 radical (unpaired) electrons. The molecule has 0 saturated carbocycles. The Balaban J connectivity index is 4.32. The van der Waals surface area contributed by atoms with E-state index >= 15 is 0 Å². The van der Waals surface area contributed by atoms with Crippen LogP contribution < -0.4 is 5.32 Å². The molecule has 8 nitrogen and oxygen atoms in total. The summed E-state index contributed by atoms with van der Waals surface area (Å²) in [5.74, 6) is -0.243. The number of nitrogens with zero attached hydrogens (tertiary/aromatic N) is 1. The number of phosphoric ester groups is 1. The molecule has 3 unspecified atom stereocenters. The average Bonchev–Trinajstić information content (AvgIpc) is 3.38. The van der Waals surface area contributed by atoms with E-state index in [0.717, 1.165) is 122 Å². The van der Waals surface area contributed by atoms with Crippen LogP contribution in [-0.2, 0) is 18.4 Å². The minimum Gasteiger partial charge on any atom is -0.387 e. The number of rotatable bonds is 50. The zero-order valence-corrected chi connectivity index (χ0v) is 49.3. The number of hydrogen-bond donors (Lipinski definition) is 3. The van der Waals surface area contributed by atoms with Crippen LogP contribution in [0.1, 0.15) is 181 Å². The number of quaternary nitrogens is 1. The van der Waals surface area contributed by atoms with Crippen molar-refractivity contribution in [2.24, 2.45) is 0 Å². The Morgan fingerprint density at radius 2 is 0.803 bits per heavy atom. The van der Waals surface area contributed by atoms with Gasteiger partial charge in [-0.25, -0.2) is 4.57 Å². The van der Waals surface area contributed by atoms with E-state index in [2.05, 4.69) is 189 Å². The van der Waals surface area contributed by atoms with Gasteiger partial charge in [-0.05, 0) is 135 Å². The zero-order valence-electron chi connectivity index (χ0n) is 48.4. The van der Waals surface area contributed by atoms with E-state index < -0.39 is 20.0 Å². The quantitative estimate of drug-likeness (QED) is 0.0243. The number of aliphatic hydroxyl groups excluding tert-OH is 1. The van der Waals surface area contributed by atoms with E-state index in [1.54, 1.807) is 6.08 Å². The Bertz CT molecular complexity index is 1880. The van der Waals surface area contributed by atoms with Gasteiger partial charge in [0, 0.05) is 6.42 Å². The Morgan fingerprint density at radius 1 is 0.461 bits per heavy atom. The van der Waals surface area contributed by atoms with E-state index in [1.807, 2.05) is 27.2 Å². The number of phosphoric acid groups is 1. The van der Waals surface area contributed by atoms with Crippen LogP contribution >= 0.6 is 7.82 Å². The minimum absolute atomic E-state index is 0.0343. The summed E-state index contributed by atoms with van der Waals surface area (Å²) in [6.45, 7) is 4.58. The Kier molecular flexibility index (Phi) is 52.2. The molecule has 0 aromatic rings. The molecule has 1 amide bonds. The van der Waals surface area contributed by atoms with Gasteiger partial charge in [-0.3, -0.25) is 13.8 Å². The second-order valence-corrected chi connectivity index (χ2v) is 21.4. The van der Waals surface area contributed by atoms with Gasteiger partial charge in [0.1, 0.15) is 13.2 Å². The molecule has 0 bridgehead atoms. The van der Waals surface area contributed by atoms with Crippen LogP contribution in [-0.4, -0.2) is 73.4 Å². The van der Waals surface area contributed by atoms with Crippen LogP contribution in [0.5, 0.6) is 0 Å². The Hall–Kier alpha value is -4.40. The predicted octanol–water partition coefficient (Wildman–Crippen LogP) is 18.2. The fraction of sp³-hybridized carbons (Fsp3) is 0.537. The highest BCUT2D eigenvalue weighted by Crippen LogP contribution is 2.43. The van der Waals surface area contributed by atoms with E-state index in [4.69, 9.17) is 9.05 Å². The SMILES string of the molecule is CC/C=C\C/C=C\C/C=C\C/C=C\C/C=C\C/C=C\C/C=C\C/C=C\C/C=C\C/C=C\C/C=C\C/C=C\CCCCC(=O)NC(COP(=O)(O)OCC[N+](C)(C)C)C(O)/C=C/CC/C=C/CC/C=C/CCCCCCC. The van der Waals surface area contributed by atoms with Crippen molar-refractivity contribution in [1.29, 1.82) is 0 Å². The maximum absolute atomic E-state index is 12.9. The molecule has 0 rings (SSSR count). The Labute approximate surface area is 466 Å². The van der Waals surface area contributed by atoms with Crippen LogP contribution in [0.25, 0.3) is 0 Å². The maximum Gasteiger partial charge on any atom is 0.472 e. The first-order valence-corrected chi connectivity index (χ1v) is 30.7. The molecule has 0 spiro atoms. The number of nitrogens with one attached hydrogen (secondary N) is 1. The summed E-state index contributed by atoms with van der Waals surface area (Å²) in [6, 6.07) is -0.907. The summed E-state index contributed by atoms with van der Waals surface area (Å²) in [7, 11) is 1.48. The standard InChI is InChI=1S/C67H107N2O6P/c1-6-8-10-12-14-16-18-20-22-23-24-25-26-27-28-29-30-31-32-33-34-35-36-37-38-39-40-41-42-43-44-45-47-49-51-53-55-57-59-61-67(71)68-65(64-75-76(72,73)74-63-62-69(3,4)5)66(70)60-58-56-54-52-50-48-46-21-19-17-15-13-11-9-7-2/h8,10,14,16,19-22,24-25,27-28,30-31,33-34,36-37,39-40,42-43,45,47,50-53,58,60,65-66,70H,6-7,9,11-13,15,17-18,23,26,29,32,35,38,41,44,46,48-49,54-57,59,61-64H2,1-5H3,(H-,68,71,72,73)/p+1/b10-8-,16-14-,21-19+,22-20-,25-24-,28-27-,31-30-,34-33-,37-36-,40-39-,43-42-,47-45-,52-50+,53-51-,60-58+. The molecule has 0 aliphatic heterocycles. The molecule has 426 valence electrons. The van der Waals surface area contributed by atoms with Gasteiger partial charge in [-0.1, -0.05) is 222 Å². The highest BCUT2D eigenvalue weighted by molar-refractivity contribution is 7.47. The molecule has 0 aromatic carbocycles. The number of allylic oxidation sites excluding steroid dienone is 29. The lowest BCUT2D eigenvalue weighted by Crippen LogP contribution is -2.45. The normalized spacial score (nSPS) is 15.2. The number of hydrogen-bond acceptors (Lipinski definition) is 5. The summed E-state index contributed by atoms with van der Waals surface area (Å²) >= 11 is 0. The molecule has 0 saturated heterocycles.